The topological polar surface area (TPSA) is 89.3 Å². The smallest absolute Gasteiger partial charge is 0.258 e. The summed E-state index contributed by atoms with van der Waals surface area (Å²) in [6.45, 7) is 1.88. The molecule has 0 unspecified atom stereocenters. The van der Waals surface area contributed by atoms with Crippen LogP contribution in [0, 0.1) is 17.0 Å². The fourth-order valence-electron chi connectivity index (χ4n) is 2.70. The first-order valence-electron chi connectivity index (χ1n) is 8.25. The molecule has 0 saturated heterocycles. The summed E-state index contributed by atoms with van der Waals surface area (Å²) in [5, 5.41) is 10.9. The first-order chi connectivity index (χ1) is 12.9. The Morgan fingerprint density at radius 3 is 1.96 bits per heavy atom. The van der Waals surface area contributed by atoms with E-state index in [9.17, 15) is 18.5 Å². The molecule has 0 aromatic heterocycles. The van der Waals surface area contributed by atoms with Crippen molar-refractivity contribution in [3.63, 3.8) is 0 Å². The Morgan fingerprint density at radius 2 is 1.41 bits per heavy atom. The van der Waals surface area contributed by atoms with Gasteiger partial charge in [0, 0.05) is 12.1 Å². The van der Waals surface area contributed by atoms with Gasteiger partial charge in [-0.05, 0) is 30.2 Å². The van der Waals surface area contributed by atoms with Gasteiger partial charge in [-0.2, -0.15) is 4.72 Å². The SMILES string of the molecule is Cc1ccc(S(=O)(=O)N[C@@H](c2ccccc2)c2ccc([N+](=O)[O-])cc2)cc1. The van der Waals surface area contributed by atoms with Crippen molar-refractivity contribution < 1.29 is 13.3 Å². The minimum atomic E-state index is -3.78. The van der Waals surface area contributed by atoms with Crippen LogP contribution in [0.4, 0.5) is 5.69 Å². The number of nitrogens with one attached hydrogen (secondary N) is 1. The summed E-state index contributed by atoms with van der Waals surface area (Å²) in [6, 6.07) is 20.8. The van der Waals surface area contributed by atoms with E-state index >= 15 is 0 Å². The molecule has 6 nitrogen and oxygen atoms in total. The highest BCUT2D eigenvalue weighted by Gasteiger charge is 2.23. The van der Waals surface area contributed by atoms with Crippen LogP contribution in [0.1, 0.15) is 22.7 Å². The number of nitro groups is 1. The Balaban J connectivity index is 2.00. The fourth-order valence-corrected chi connectivity index (χ4v) is 3.92. The Kier molecular flexibility index (Phi) is 5.34. The van der Waals surface area contributed by atoms with Crippen molar-refractivity contribution in [2.75, 3.05) is 0 Å². The van der Waals surface area contributed by atoms with Crippen LogP contribution in [0.3, 0.4) is 0 Å². The first-order valence-corrected chi connectivity index (χ1v) is 9.73. The van der Waals surface area contributed by atoms with Crippen LogP contribution in [-0.4, -0.2) is 13.3 Å². The second kappa shape index (κ2) is 7.69. The van der Waals surface area contributed by atoms with Crippen LogP contribution in [0.5, 0.6) is 0 Å². The lowest BCUT2D eigenvalue weighted by Gasteiger charge is -2.20. The molecule has 1 atom stereocenters. The summed E-state index contributed by atoms with van der Waals surface area (Å²) in [5.41, 5.74) is 2.26. The third-order valence-electron chi connectivity index (χ3n) is 4.17. The number of benzene rings is 3. The minimum Gasteiger partial charge on any atom is -0.258 e. The minimum absolute atomic E-state index is 0.0491. The number of hydrogen-bond donors (Lipinski definition) is 1. The van der Waals surface area contributed by atoms with Crippen LogP contribution >= 0.6 is 0 Å². The summed E-state index contributed by atoms with van der Waals surface area (Å²) in [6.07, 6.45) is 0. The summed E-state index contributed by atoms with van der Waals surface area (Å²) in [5.74, 6) is 0. The summed E-state index contributed by atoms with van der Waals surface area (Å²) in [7, 11) is -3.78. The molecule has 0 aliphatic rings. The van der Waals surface area contributed by atoms with E-state index in [0.29, 0.717) is 5.56 Å². The molecule has 7 heteroatoms. The van der Waals surface area contributed by atoms with Gasteiger partial charge >= 0.3 is 0 Å². The third-order valence-corrected chi connectivity index (χ3v) is 5.61. The van der Waals surface area contributed by atoms with Gasteiger partial charge < -0.3 is 0 Å². The molecular weight excluding hydrogens is 364 g/mol. The molecule has 3 aromatic rings. The maximum atomic E-state index is 12.9. The van der Waals surface area contributed by atoms with E-state index < -0.39 is 21.0 Å². The molecule has 0 aliphatic carbocycles. The molecule has 0 fully saturated rings. The lowest BCUT2D eigenvalue weighted by atomic mass is 9.99. The highest BCUT2D eigenvalue weighted by atomic mass is 32.2. The van der Waals surface area contributed by atoms with Gasteiger partial charge in [0.25, 0.3) is 5.69 Å². The van der Waals surface area contributed by atoms with E-state index in [4.69, 9.17) is 0 Å². The van der Waals surface area contributed by atoms with Gasteiger partial charge in [-0.1, -0.05) is 60.2 Å². The fraction of sp³-hybridized carbons (Fsp3) is 0.100. The maximum absolute atomic E-state index is 12.9. The van der Waals surface area contributed by atoms with Crippen molar-refractivity contribution in [2.45, 2.75) is 17.9 Å². The highest BCUT2D eigenvalue weighted by Crippen LogP contribution is 2.26. The van der Waals surface area contributed by atoms with Crippen LogP contribution < -0.4 is 4.72 Å². The molecule has 0 aliphatic heterocycles. The molecule has 1 N–H and O–H groups in total. The Bertz CT molecular complexity index is 1030. The van der Waals surface area contributed by atoms with E-state index in [1.54, 1.807) is 36.4 Å². The number of nitro benzene ring substituents is 1. The standard InChI is InChI=1S/C20H18N2O4S/c1-15-7-13-19(14-8-15)27(25,26)21-20(16-5-3-2-4-6-16)17-9-11-18(12-10-17)22(23)24/h2-14,20-21H,1H3/t20-/m0/s1. The van der Waals surface area contributed by atoms with Gasteiger partial charge in [-0.25, -0.2) is 8.42 Å². The Hall–Kier alpha value is -3.03. The Labute approximate surface area is 157 Å². The zero-order chi connectivity index (χ0) is 19.4. The number of rotatable bonds is 6. The quantitative estimate of drug-likeness (QED) is 0.516. The molecule has 0 radical (unpaired) electrons. The number of sulfonamides is 1. The van der Waals surface area contributed by atoms with Crippen molar-refractivity contribution in [3.8, 4) is 0 Å². The zero-order valence-corrected chi connectivity index (χ0v) is 15.4. The monoisotopic (exact) mass is 382 g/mol. The molecule has 0 spiro atoms. The normalized spacial score (nSPS) is 12.5. The molecule has 3 rings (SSSR count). The molecule has 0 bridgehead atoms. The maximum Gasteiger partial charge on any atom is 0.269 e. The zero-order valence-electron chi connectivity index (χ0n) is 14.6. The highest BCUT2D eigenvalue weighted by molar-refractivity contribution is 7.89. The van der Waals surface area contributed by atoms with Gasteiger partial charge in [0.05, 0.1) is 15.9 Å². The van der Waals surface area contributed by atoms with Crippen molar-refractivity contribution in [1.29, 1.82) is 0 Å². The molecule has 3 aromatic carbocycles. The van der Waals surface area contributed by atoms with Crippen molar-refractivity contribution >= 4 is 15.7 Å². The van der Waals surface area contributed by atoms with Crippen molar-refractivity contribution in [3.05, 3.63) is 106 Å². The number of aryl methyl sites for hydroxylation is 1. The van der Waals surface area contributed by atoms with Gasteiger partial charge in [0.1, 0.15) is 0 Å². The van der Waals surface area contributed by atoms with E-state index in [2.05, 4.69) is 4.72 Å². The van der Waals surface area contributed by atoms with Crippen LogP contribution in [0.15, 0.2) is 83.8 Å². The number of hydrogen-bond acceptors (Lipinski definition) is 4. The van der Waals surface area contributed by atoms with Crippen LogP contribution in [-0.2, 0) is 10.0 Å². The average Bonchev–Trinajstić information content (AvgIpc) is 2.67. The summed E-state index contributed by atoms with van der Waals surface area (Å²) in [4.78, 5) is 10.6. The predicted octanol–water partition coefficient (Wildman–Crippen LogP) is 3.97. The predicted molar refractivity (Wildman–Crippen MR) is 103 cm³/mol. The molecule has 0 heterocycles. The van der Waals surface area contributed by atoms with Gasteiger partial charge in [-0.3, -0.25) is 10.1 Å². The largest absolute Gasteiger partial charge is 0.269 e. The van der Waals surface area contributed by atoms with Crippen molar-refractivity contribution in [1.82, 2.24) is 4.72 Å². The lowest BCUT2D eigenvalue weighted by molar-refractivity contribution is -0.384. The summed E-state index contributed by atoms with van der Waals surface area (Å²) < 4.78 is 28.4. The molecule has 0 saturated carbocycles. The van der Waals surface area contributed by atoms with Crippen molar-refractivity contribution in [2.24, 2.45) is 0 Å². The van der Waals surface area contributed by atoms with Crippen LogP contribution in [0.25, 0.3) is 0 Å². The van der Waals surface area contributed by atoms with E-state index in [1.807, 2.05) is 37.3 Å². The van der Waals surface area contributed by atoms with Crippen LogP contribution in [0.2, 0.25) is 0 Å². The van der Waals surface area contributed by atoms with Gasteiger partial charge in [0.15, 0.2) is 0 Å². The van der Waals surface area contributed by atoms with Gasteiger partial charge in [0.2, 0.25) is 10.0 Å². The Morgan fingerprint density at radius 1 is 0.852 bits per heavy atom. The van der Waals surface area contributed by atoms with E-state index in [1.165, 1.54) is 12.1 Å². The molecule has 0 amide bonds. The van der Waals surface area contributed by atoms with E-state index in [-0.39, 0.29) is 10.6 Å². The average molecular weight is 382 g/mol. The summed E-state index contributed by atoms with van der Waals surface area (Å²) >= 11 is 0. The molecule has 27 heavy (non-hydrogen) atoms. The number of non-ortho nitro benzene ring substituents is 1. The van der Waals surface area contributed by atoms with Gasteiger partial charge in [-0.15, -0.1) is 0 Å². The molecular formula is C20H18N2O4S. The van der Waals surface area contributed by atoms with E-state index in [0.717, 1.165) is 11.1 Å². The second-order valence-corrected chi connectivity index (χ2v) is 7.84. The molecule has 138 valence electrons. The lowest BCUT2D eigenvalue weighted by Crippen LogP contribution is -2.29. The first kappa shape index (κ1) is 18.8. The second-order valence-electron chi connectivity index (χ2n) is 6.13. The third kappa shape index (κ3) is 4.39. The number of nitrogens with zero attached hydrogens (tertiary/aromatic N) is 1.